The Balaban J connectivity index is 1.69. The molecule has 94 valence electrons. The zero-order valence-electron chi connectivity index (χ0n) is 9.70. The van der Waals surface area contributed by atoms with Crippen LogP contribution in [0.4, 0.5) is 0 Å². The summed E-state index contributed by atoms with van der Waals surface area (Å²) in [6.07, 6.45) is 0. The number of carbonyl (C=O) groups excluding carboxylic acids is 1. The number of amides is 1. The van der Waals surface area contributed by atoms with Crippen LogP contribution >= 0.6 is 11.8 Å². The van der Waals surface area contributed by atoms with Gasteiger partial charge in [0.25, 0.3) is 0 Å². The number of aryl methyl sites for hydroxylation is 1. The number of carbonyl (C=O) groups is 1. The number of morpholine rings is 1. The minimum atomic E-state index is 0.155. The first-order valence-electron chi connectivity index (χ1n) is 5.42. The topological polar surface area (TPSA) is 73.1 Å². The van der Waals surface area contributed by atoms with E-state index < -0.39 is 0 Å². The SMILES string of the molecule is Cn1nnc(CSCC(=O)N2CCOCC2)n1. The molecule has 1 aromatic rings. The van der Waals surface area contributed by atoms with Crippen LogP contribution in [0.25, 0.3) is 0 Å². The van der Waals surface area contributed by atoms with Crippen molar-refractivity contribution >= 4 is 17.7 Å². The number of nitrogens with zero attached hydrogens (tertiary/aromatic N) is 5. The van der Waals surface area contributed by atoms with Crippen LogP contribution in [0.1, 0.15) is 5.82 Å². The molecular formula is C9H15N5O2S. The van der Waals surface area contributed by atoms with Crippen molar-refractivity contribution in [3.05, 3.63) is 5.82 Å². The average Bonchev–Trinajstić information content (AvgIpc) is 2.76. The van der Waals surface area contributed by atoms with Gasteiger partial charge in [0, 0.05) is 13.1 Å². The molecule has 0 aliphatic carbocycles. The highest BCUT2D eigenvalue weighted by molar-refractivity contribution is 7.99. The second kappa shape index (κ2) is 5.97. The van der Waals surface area contributed by atoms with Crippen LogP contribution in [0, 0.1) is 0 Å². The van der Waals surface area contributed by atoms with E-state index in [0.717, 1.165) is 0 Å². The summed E-state index contributed by atoms with van der Waals surface area (Å²) in [4.78, 5) is 15.0. The number of rotatable bonds is 4. The molecule has 0 bridgehead atoms. The molecule has 0 spiro atoms. The quantitative estimate of drug-likeness (QED) is 0.710. The van der Waals surface area contributed by atoms with E-state index in [1.165, 1.54) is 16.6 Å². The monoisotopic (exact) mass is 257 g/mol. The molecule has 2 rings (SSSR count). The highest BCUT2D eigenvalue weighted by atomic mass is 32.2. The van der Waals surface area contributed by atoms with Crippen molar-refractivity contribution in [2.45, 2.75) is 5.75 Å². The largest absolute Gasteiger partial charge is 0.378 e. The summed E-state index contributed by atoms with van der Waals surface area (Å²) >= 11 is 1.51. The fourth-order valence-electron chi connectivity index (χ4n) is 1.51. The van der Waals surface area contributed by atoms with Gasteiger partial charge in [-0.3, -0.25) is 4.79 Å². The summed E-state index contributed by atoms with van der Waals surface area (Å²) in [6, 6.07) is 0. The van der Waals surface area contributed by atoms with Crippen LogP contribution in [0.5, 0.6) is 0 Å². The first-order chi connectivity index (χ1) is 8.25. The van der Waals surface area contributed by atoms with Gasteiger partial charge in [-0.25, -0.2) is 0 Å². The Morgan fingerprint density at radius 2 is 2.24 bits per heavy atom. The lowest BCUT2D eigenvalue weighted by molar-refractivity contribution is -0.132. The van der Waals surface area contributed by atoms with Gasteiger partial charge in [-0.15, -0.1) is 22.0 Å². The van der Waals surface area contributed by atoms with Gasteiger partial charge in [0.2, 0.25) is 5.91 Å². The third-order valence-electron chi connectivity index (χ3n) is 2.37. The predicted octanol–water partition coefficient (Wildman–Crippen LogP) is -0.698. The van der Waals surface area contributed by atoms with Crippen LogP contribution in [-0.2, 0) is 22.3 Å². The molecule has 1 aliphatic rings. The van der Waals surface area contributed by atoms with Crippen molar-refractivity contribution in [2.24, 2.45) is 7.05 Å². The lowest BCUT2D eigenvalue weighted by atomic mass is 10.4. The van der Waals surface area contributed by atoms with Gasteiger partial charge in [-0.2, -0.15) is 4.80 Å². The maximum absolute atomic E-state index is 11.8. The van der Waals surface area contributed by atoms with E-state index in [4.69, 9.17) is 4.74 Å². The molecule has 1 saturated heterocycles. The van der Waals surface area contributed by atoms with Gasteiger partial charge >= 0.3 is 0 Å². The van der Waals surface area contributed by atoms with Crippen molar-refractivity contribution in [3.63, 3.8) is 0 Å². The lowest BCUT2D eigenvalue weighted by Crippen LogP contribution is -2.41. The fraction of sp³-hybridized carbons (Fsp3) is 0.778. The summed E-state index contributed by atoms with van der Waals surface area (Å²) < 4.78 is 5.19. The molecular weight excluding hydrogens is 242 g/mol. The van der Waals surface area contributed by atoms with Crippen molar-refractivity contribution in [2.75, 3.05) is 32.1 Å². The first kappa shape index (κ1) is 12.3. The third kappa shape index (κ3) is 3.67. The minimum absolute atomic E-state index is 0.155. The maximum Gasteiger partial charge on any atom is 0.232 e. The summed E-state index contributed by atoms with van der Waals surface area (Å²) in [7, 11) is 1.72. The summed E-state index contributed by atoms with van der Waals surface area (Å²) in [6.45, 7) is 2.68. The van der Waals surface area contributed by atoms with Crippen molar-refractivity contribution in [1.82, 2.24) is 25.1 Å². The fourth-order valence-corrected chi connectivity index (χ4v) is 2.27. The van der Waals surface area contributed by atoms with Gasteiger partial charge in [0.05, 0.1) is 31.8 Å². The molecule has 0 aromatic carbocycles. The number of ether oxygens (including phenoxy) is 1. The predicted molar refractivity (Wildman–Crippen MR) is 62.4 cm³/mol. The highest BCUT2D eigenvalue weighted by Crippen LogP contribution is 2.09. The zero-order valence-corrected chi connectivity index (χ0v) is 10.5. The zero-order chi connectivity index (χ0) is 12.1. The van der Waals surface area contributed by atoms with Crippen molar-refractivity contribution in [3.8, 4) is 0 Å². The first-order valence-corrected chi connectivity index (χ1v) is 6.57. The molecule has 8 heteroatoms. The molecule has 1 aromatic heterocycles. The van der Waals surface area contributed by atoms with Crippen LogP contribution in [0.2, 0.25) is 0 Å². The normalized spacial score (nSPS) is 16.2. The number of tetrazole rings is 1. The summed E-state index contributed by atoms with van der Waals surface area (Å²) in [5.74, 6) is 1.89. The Morgan fingerprint density at radius 3 is 2.88 bits per heavy atom. The van der Waals surface area contributed by atoms with E-state index in [2.05, 4.69) is 15.4 Å². The van der Waals surface area contributed by atoms with Crippen molar-refractivity contribution < 1.29 is 9.53 Å². The van der Waals surface area contributed by atoms with E-state index >= 15 is 0 Å². The molecule has 1 aliphatic heterocycles. The number of hydrogen-bond donors (Lipinski definition) is 0. The maximum atomic E-state index is 11.8. The second-order valence-corrected chi connectivity index (χ2v) is 4.67. The van der Waals surface area contributed by atoms with E-state index in [1.54, 1.807) is 7.05 Å². The van der Waals surface area contributed by atoms with Gasteiger partial charge in [0.15, 0.2) is 5.82 Å². The van der Waals surface area contributed by atoms with Gasteiger partial charge in [-0.1, -0.05) is 0 Å². The highest BCUT2D eigenvalue weighted by Gasteiger charge is 2.16. The van der Waals surface area contributed by atoms with E-state index in [1.807, 2.05) is 4.90 Å². The average molecular weight is 257 g/mol. The van der Waals surface area contributed by atoms with E-state index in [-0.39, 0.29) is 5.91 Å². The smallest absolute Gasteiger partial charge is 0.232 e. The Morgan fingerprint density at radius 1 is 1.47 bits per heavy atom. The van der Waals surface area contributed by atoms with E-state index in [9.17, 15) is 4.79 Å². The summed E-state index contributed by atoms with van der Waals surface area (Å²) in [5.41, 5.74) is 0. The third-order valence-corrected chi connectivity index (χ3v) is 3.28. The molecule has 0 saturated carbocycles. The number of thioether (sulfide) groups is 1. The molecule has 0 unspecified atom stereocenters. The van der Waals surface area contributed by atoms with E-state index in [0.29, 0.717) is 43.6 Å². The van der Waals surface area contributed by atoms with Crippen molar-refractivity contribution in [1.29, 1.82) is 0 Å². The summed E-state index contributed by atoms with van der Waals surface area (Å²) in [5, 5.41) is 11.6. The Bertz CT molecular complexity index is 377. The lowest BCUT2D eigenvalue weighted by Gasteiger charge is -2.26. The Kier molecular flexibility index (Phi) is 4.32. The minimum Gasteiger partial charge on any atom is -0.378 e. The Labute approximate surface area is 103 Å². The molecule has 1 amide bonds. The number of aromatic nitrogens is 4. The molecule has 1 fully saturated rings. The van der Waals surface area contributed by atoms with Gasteiger partial charge in [0.1, 0.15) is 0 Å². The van der Waals surface area contributed by atoms with Crippen LogP contribution in [-0.4, -0.2) is 63.1 Å². The molecule has 0 radical (unpaired) electrons. The molecule has 17 heavy (non-hydrogen) atoms. The molecule has 0 atom stereocenters. The second-order valence-electron chi connectivity index (χ2n) is 3.68. The van der Waals surface area contributed by atoms with Gasteiger partial charge in [-0.05, 0) is 5.21 Å². The molecule has 2 heterocycles. The van der Waals surface area contributed by atoms with Gasteiger partial charge < -0.3 is 9.64 Å². The number of hydrogen-bond acceptors (Lipinski definition) is 6. The molecule has 7 nitrogen and oxygen atoms in total. The van der Waals surface area contributed by atoms with Crippen LogP contribution in [0.3, 0.4) is 0 Å². The van der Waals surface area contributed by atoms with Crippen LogP contribution in [0.15, 0.2) is 0 Å². The Hall–Kier alpha value is -1.15. The molecule has 0 N–H and O–H groups in total. The standard InChI is InChI=1S/C9H15N5O2S/c1-13-11-8(10-12-13)6-17-7-9(15)14-2-4-16-5-3-14/h2-7H2,1H3. The van der Waals surface area contributed by atoms with Crippen LogP contribution < -0.4 is 0 Å².